The lowest BCUT2D eigenvalue weighted by Crippen LogP contribution is -2.15. The first kappa shape index (κ1) is 12.0. The lowest BCUT2D eigenvalue weighted by atomic mass is 10.2. The zero-order valence-corrected chi connectivity index (χ0v) is 10.3. The Kier molecular flexibility index (Phi) is 3.10. The number of aromatic nitrogens is 4. The fraction of sp³-hybridized carbons (Fsp3) is 0.455. The Morgan fingerprint density at radius 3 is 3.11 bits per heavy atom. The standard InChI is InChI=1S/C11H13N5O3/c1-18-9-3-7(13-5-14-9)10-15-11(19-16-10)8-2-6(17)4-12-8/h3,5-6,8,12,17H,2,4H2,1H3. The van der Waals surface area contributed by atoms with Crippen LogP contribution in [0.1, 0.15) is 18.4 Å². The van der Waals surface area contributed by atoms with Gasteiger partial charge in [0.1, 0.15) is 12.0 Å². The van der Waals surface area contributed by atoms with Crippen LogP contribution < -0.4 is 10.1 Å². The summed E-state index contributed by atoms with van der Waals surface area (Å²) in [5.41, 5.74) is 0.528. The van der Waals surface area contributed by atoms with Crippen molar-refractivity contribution in [3.63, 3.8) is 0 Å². The summed E-state index contributed by atoms with van der Waals surface area (Å²) in [5.74, 6) is 1.26. The minimum Gasteiger partial charge on any atom is -0.481 e. The zero-order valence-electron chi connectivity index (χ0n) is 10.3. The highest BCUT2D eigenvalue weighted by Crippen LogP contribution is 2.24. The van der Waals surface area contributed by atoms with Crippen LogP contribution in [0, 0.1) is 0 Å². The molecule has 8 nitrogen and oxygen atoms in total. The lowest BCUT2D eigenvalue weighted by molar-refractivity contribution is 0.191. The summed E-state index contributed by atoms with van der Waals surface area (Å²) in [6.07, 6.45) is 1.57. The summed E-state index contributed by atoms with van der Waals surface area (Å²) < 4.78 is 10.2. The van der Waals surface area contributed by atoms with E-state index in [9.17, 15) is 5.11 Å². The van der Waals surface area contributed by atoms with Crippen molar-refractivity contribution in [3.05, 3.63) is 18.3 Å². The second-order valence-electron chi connectivity index (χ2n) is 4.25. The highest BCUT2D eigenvalue weighted by molar-refractivity contribution is 5.49. The molecule has 0 radical (unpaired) electrons. The predicted octanol–water partition coefficient (Wildman–Crippen LogP) is -0.0695. The maximum Gasteiger partial charge on any atom is 0.244 e. The molecule has 1 saturated heterocycles. The number of aliphatic hydroxyl groups excluding tert-OH is 1. The van der Waals surface area contributed by atoms with Crippen molar-refractivity contribution in [3.8, 4) is 17.4 Å². The molecule has 19 heavy (non-hydrogen) atoms. The number of hydrogen-bond donors (Lipinski definition) is 2. The Labute approximate surface area is 108 Å². The van der Waals surface area contributed by atoms with Gasteiger partial charge in [-0.15, -0.1) is 0 Å². The first-order chi connectivity index (χ1) is 9.26. The highest BCUT2D eigenvalue weighted by Gasteiger charge is 2.28. The van der Waals surface area contributed by atoms with E-state index < -0.39 is 0 Å². The van der Waals surface area contributed by atoms with Crippen molar-refractivity contribution in [2.24, 2.45) is 0 Å². The maximum absolute atomic E-state index is 9.46. The van der Waals surface area contributed by atoms with E-state index in [1.807, 2.05) is 0 Å². The number of methoxy groups -OCH3 is 1. The van der Waals surface area contributed by atoms with Crippen molar-refractivity contribution in [1.82, 2.24) is 25.4 Å². The van der Waals surface area contributed by atoms with Crippen molar-refractivity contribution in [1.29, 1.82) is 0 Å². The normalized spacial score (nSPS) is 22.6. The Bertz CT molecular complexity index is 573. The Hall–Kier alpha value is -2.06. The second-order valence-corrected chi connectivity index (χ2v) is 4.25. The van der Waals surface area contributed by atoms with Gasteiger partial charge in [-0.3, -0.25) is 0 Å². The van der Waals surface area contributed by atoms with Gasteiger partial charge in [0.05, 0.1) is 19.3 Å². The van der Waals surface area contributed by atoms with Gasteiger partial charge in [0.15, 0.2) is 0 Å². The molecule has 1 aliphatic rings. The summed E-state index contributed by atoms with van der Waals surface area (Å²) in [7, 11) is 1.53. The molecule has 2 unspecified atom stereocenters. The fourth-order valence-electron chi connectivity index (χ4n) is 1.96. The van der Waals surface area contributed by atoms with Gasteiger partial charge in [0, 0.05) is 12.6 Å². The molecule has 1 aliphatic heterocycles. The molecule has 2 atom stereocenters. The summed E-state index contributed by atoms with van der Waals surface area (Å²) in [4.78, 5) is 12.3. The third-order valence-corrected chi connectivity index (χ3v) is 2.93. The molecule has 100 valence electrons. The molecule has 2 N–H and O–H groups in total. The maximum atomic E-state index is 9.46. The van der Waals surface area contributed by atoms with Crippen LogP contribution in [0.25, 0.3) is 11.5 Å². The largest absolute Gasteiger partial charge is 0.481 e. The third kappa shape index (κ3) is 2.40. The molecule has 0 spiro atoms. The number of β-amino-alcohol motifs (C(OH)–C–C–N with tert-alkyl or cyclic N) is 1. The number of nitrogens with zero attached hydrogens (tertiary/aromatic N) is 4. The van der Waals surface area contributed by atoms with Gasteiger partial charge < -0.3 is 19.7 Å². The number of ether oxygens (including phenoxy) is 1. The van der Waals surface area contributed by atoms with Crippen LogP contribution >= 0.6 is 0 Å². The molecular formula is C11H13N5O3. The quantitative estimate of drug-likeness (QED) is 0.792. The third-order valence-electron chi connectivity index (χ3n) is 2.93. The lowest BCUT2D eigenvalue weighted by Gasteiger charge is -2.01. The first-order valence-corrected chi connectivity index (χ1v) is 5.87. The van der Waals surface area contributed by atoms with E-state index in [0.29, 0.717) is 36.3 Å². The van der Waals surface area contributed by atoms with Crippen LogP contribution in [0.4, 0.5) is 0 Å². The Balaban J connectivity index is 1.84. The van der Waals surface area contributed by atoms with E-state index in [1.165, 1.54) is 13.4 Å². The summed E-state index contributed by atoms with van der Waals surface area (Å²) in [5, 5.41) is 16.4. The van der Waals surface area contributed by atoms with Gasteiger partial charge in [0.2, 0.25) is 17.6 Å². The van der Waals surface area contributed by atoms with Gasteiger partial charge >= 0.3 is 0 Å². The first-order valence-electron chi connectivity index (χ1n) is 5.87. The van der Waals surface area contributed by atoms with Crippen LogP contribution in [0.3, 0.4) is 0 Å². The van der Waals surface area contributed by atoms with E-state index in [0.717, 1.165) is 0 Å². The average molecular weight is 263 g/mol. The van der Waals surface area contributed by atoms with Crippen LogP contribution in [-0.2, 0) is 0 Å². The Morgan fingerprint density at radius 2 is 2.37 bits per heavy atom. The monoisotopic (exact) mass is 263 g/mol. The smallest absolute Gasteiger partial charge is 0.244 e. The molecule has 0 bridgehead atoms. The van der Waals surface area contributed by atoms with Crippen molar-refractivity contribution < 1.29 is 14.4 Å². The molecule has 0 amide bonds. The van der Waals surface area contributed by atoms with Gasteiger partial charge in [-0.05, 0) is 6.42 Å². The van der Waals surface area contributed by atoms with Crippen molar-refractivity contribution in [2.75, 3.05) is 13.7 Å². The number of hydrogen-bond acceptors (Lipinski definition) is 8. The van der Waals surface area contributed by atoms with E-state index in [4.69, 9.17) is 9.26 Å². The van der Waals surface area contributed by atoms with Crippen LogP contribution in [-0.4, -0.2) is 45.0 Å². The van der Waals surface area contributed by atoms with Gasteiger partial charge in [-0.25, -0.2) is 9.97 Å². The molecule has 2 aromatic heterocycles. The second kappa shape index (κ2) is 4.90. The van der Waals surface area contributed by atoms with E-state index in [-0.39, 0.29) is 12.1 Å². The van der Waals surface area contributed by atoms with Crippen molar-refractivity contribution >= 4 is 0 Å². The topological polar surface area (TPSA) is 106 Å². The van der Waals surface area contributed by atoms with Crippen molar-refractivity contribution in [2.45, 2.75) is 18.6 Å². The number of nitrogens with one attached hydrogen (secondary N) is 1. The Morgan fingerprint density at radius 1 is 1.47 bits per heavy atom. The van der Waals surface area contributed by atoms with Crippen LogP contribution in [0.5, 0.6) is 5.88 Å². The van der Waals surface area contributed by atoms with Gasteiger partial charge in [-0.1, -0.05) is 5.16 Å². The molecule has 2 aromatic rings. The molecule has 8 heteroatoms. The molecule has 0 aromatic carbocycles. The van der Waals surface area contributed by atoms with Gasteiger partial charge in [-0.2, -0.15) is 4.98 Å². The average Bonchev–Trinajstić information content (AvgIpc) is 3.07. The molecule has 0 saturated carbocycles. The van der Waals surface area contributed by atoms with E-state index >= 15 is 0 Å². The predicted molar refractivity (Wildman–Crippen MR) is 63.2 cm³/mol. The fourth-order valence-corrected chi connectivity index (χ4v) is 1.96. The van der Waals surface area contributed by atoms with Gasteiger partial charge in [0.25, 0.3) is 0 Å². The summed E-state index contributed by atoms with van der Waals surface area (Å²) in [6, 6.07) is 1.52. The molecule has 3 heterocycles. The zero-order chi connectivity index (χ0) is 13.2. The van der Waals surface area contributed by atoms with E-state index in [2.05, 4.69) is 25.4 Å². The van der Waals surface area contributed by atoms with Crippen LogP contribution in [0.15, 0.2) is 16.9 Å². The summed E-state index contributed by atoms with van der Waals surface area (Å²) >= 11 is 0. The minimum absolute atomic E-state index is 0.111. The number of rotatable bonds is 3. The molecule has 0 aliphatic carbocycles. The summed E-state index contributed by atoms with van der Waals surface area (Å²) in [6.45, 7) is 0.531. The molecule has 3 rings (SSSR count). The number of aliphatic hydroxyl groups is 1. The SMILES string of the molecule is COc1cc(-c2noc(C3CC(O)CN3)n2)ncn1. The minimum atomic E-state index is -0.375. The van der Waals surface area contributed by atoms with E-state index in [1.54, 1.807) is 6.07 Å². The molecular weight excluding hydrogens is 250 g/mol. The highest BCUT2D eigenvalue weighted by atomic mass is 16.5. The van der Waals surface area contributed by atoms with Crippen LogP contribution in [0.2, 0.25) is 0 Å². The molecule has 1 fully saturated rings.